The number of methoxy groups -OCH3 is 1. The molecule has 0 bridgehead atoms. The number of pyridine rings is 1. The third kappa shape index (κ3) is 2.45. The molecule has 3 aromatic rings. The largest absolute Gasteiger partial charge is 0.494 e. The van der Waals surface area contributed by atoms with Gasteiger partial charge in [-0.25, -0.2) is 4.52 Å². The van der Waals surface area contributed by atoms with E-state index < -0.39 is 0 Å². The fraction of sp³-hybridized carbons (Fsp3) is 0.294. The zero-order valence-corrected chi connectivity index (χ0v) is 13.1. The smallest absolute Gasteiger partial charge is 0.146 e. The Bertz CT molecular complexity index is 923. The van der Waals surface area contributed by atoms with Gasteiger partial charge < -0.3 is 10.1 Å². The number of aromatic nitrogens is 4. The summed E-state index contributed by atoms with van der Waals surface area (Å²) >= 11 is 0. The Hall–Kier alpha value is -2.78. The molecule has 4 rings (SSSR count). The van der Waals surface area contributed by atoms with Gasteiger partial charge in [-0.05, 0) is 6.07 Å². The van der Waals surface area contributed by atoms with Gasteiger partial charge in [0.2, 0.25) is 0 Å². The van der Waals surface area contributed by atoms with Crippen molar-refractivity contribution in [2.75, 3.05) is 20.2 Å². The molecule has 0 saturated carbocycles. The van der Waals surface area contributed by atoms with Crippen molar-refractivity contribution in [1.82, 2.24) is 24.7 Å². The predicted molar refractivity (Wildman–Crippen MR) is 87.2 cm³/mol. The lowest BCUT2D eigenvalue weighted by Crippen LogP contribution is -2.40. The van der Waals surface area contributed by atoms with Crippen LogP contribution in [0.5, 0.6) is 5.75 Å². The lowest BCUT2D eigenvalue weighted by molar-refractivity contribution is 0.417. The molecule has 0 spiro atoms. The first-order valence-electron chi connectivity index (χ1n) is 7.51. The van der Waals surface area contributed by atoms with Crippen LogP contribution in [0.15, 0.2) is 30.9 Å². The molecule has 0 aromatic carbocycles. The van der Waals surface area contributed by atoms with Crippen molar-refractivity contribution in [2.24, 2.45) is 13.0 Å². The minimum atomic E-state index is 0.436. The summed E-state index contributed by atoms with van der Waals surface area (Å²) in [4.78, 5) is 0. The normalized spacial score (nSPS) is 14.3. The highest BCUT2D eigenvalue weighted by Gasteiger charge is 2.15. The lowest BCUT2D eigenvalue weighted by atomic mass is 10.0. The zero-order chi connectivity index (χ0) is 15.8. The van der Waals surface area contributed by atoms with Gasteiger partial charge in [0.15, 0.2) is 0 Å². The molecular formula is C17H17N5O. The van der Waals surface area contributed by atoms with Gasteiger partial charge in [-0.1, -0.05) is 11.8 Å². The number of rotatable bonds is 2. The van der Waals surface area contributed by atoms with Crippen LogP contribution in [0, 0.1) is 17.8 Å². The predicted octanol–water partition coefficient (Wildman–Crippen LogP) is 1.31. The van der Waals surface area contributed by atoms with E-state index in [9.17, 15) is 0 Å². The van der Waals surface area contributed by atoms with Crippen LogP contribution in [0.4, 0.5) is 0 Å². The van der Waals surface area contributed by atoms with Gasteiger partial charge in [-0.15, -0.1) is 0 Å². The highest BCUT2D eigenvalue weighted by Crippen LogP contribution is 2.29. The van der Waals surface area contributed by atoms with Crippen LogP contribution in [0.1, 0.15) is 5.56 Å². The second kappa shape index (κ2) is 5.45. The number of hydrogen-bond donors (Lipinski definition) is 1. The molecule has 3 aromatic heterocycles. The molecule has 6 heteroatoms. The van der Waals surface area contributed by atoms with Crippen LogP contribution < -0.4 is 10.1 Å². The molecular weight excluding hydrogens is 290 g/mol. The van der Waals surface area contributed by atoms with Crippen LogP contribution >= 0.6 is 0 Å². The SMILES string of the molecule is COc1cc(-c2cnn(C)c2)cn2ncc(C#CC3CNC3)c12. The number of ether oxygens (including phenoxy) is 1. The summed E-state index contributed by atoms with van der Waals surface area (Å²) in [6, 6.07) is 2.00. The minimum Gasteiger partial charge on any atom is -0.494 e. The first-order chi connectivity index (χ1) is 11.2. The van der Waals surface area contributed by atoms with E-state index in [1.54, 1.807) is 18.0 Å². The van der Waals surface area contributed by atoms with Crippen molar-refractivity contribution in [3.63, 3.8) is 0 Å². The maximum absolute atomic E-state index is 5.57. The van der Waals surface area contributed by atoms with Gasteiger partial charge in [0.05, 0.1) is 25.1 Å². The van der Waals surface area contributed by atoms with Gasteiger partial charge in [-0.3, -0.25) is 4.68 Å². The summed E-state index contributed by atoms with van der Waals surface area (Å²) in [6.07, 6.45) is 7.57. The average molecular weight is 307 g/mol. The Morgan fingerprint density at radius 2 is 2.09 bits per heavy atom. The summed E-state index contributed by atoms with van der Waals surface area (Å²) in [6.45, 7) is 1.93. The van der Waals surface area contributed by atoms with E-state index in [1.165, 1.54) is 0 Å². The first-order valence-corrected chi connectivity index (χ1v) is 7.51. The molecule has 0 amide bonds. The summed E-state index contributed by atoms with van der Waals surface area (Å²) < 4.78 is 9.17. The van der Waals surface area contributed by atoms with Crippen LogP contribution in [0.3, 0.4) is 0 Å². The Kier molecular flexibility index (Phi) is 3.28. The fourth-order valence-corrected chi connectivity index (χ4v) is 2.63. The van der Waals surface area contributed by atoms with Crippen LogP contribution in [-0.2, 0) is 7.05 Å². The van der Waals surface area contributed by atoms with Gasteiger partial charge in [0.1, 0.15) is 11.3 Å². The zero-order valence-electron chi connectivity index (χ0n) is 13.1. The maximum atomic E-state index is 5.57. The van der Waals surface area contributed by atoms with Crippen LogP contribution in [-0.4, -0.2) is 39.6 Å². The molecule has 1 saturated heterocycles. The summed E-state index contributed by atoms with van der Waals surface area (Å²) in [5.41, 5.74) is 3.83. The molecule has 1 aliphatic heterocycles. The van der Waals surface area contributed by atoms with Gasteiger partial charge in [0.25, 0.3) is 0 Å². The number of fused-ring (bicyclic) bond motifs is 1. The lowest BCUT2D eigenvalue weighted by Gasteiger charge is -2.21. The third-order valence-electron chi connectivity index (χ3n) is 4.03. The van der Waals surface area contributed by atoms with E-state index in [0.29, 0.717) is 5.92 Å². The fourth-order valence-electron chi connectivity index (χ4n) is 2.63. The van der Waals surface area contributed by atoms with E-state index >= 15 is 0 Å². The van der Waals surface area contributed by atoms with Crippen molar-refractivity contribution in [3.8, 4) is 28.7 Å². The Balaban J connectivity index is 1.81. The van der Waals surface area contributed by atoms with E-state index in [0.717, 1.165) is 41.0 Å². The van der Waals surface area contributed by atoms with Crippen molar-refractivity contribution in [2.45, 2.75) is 0 Å². The van der Waals surface area contributed by atoms with Crippen LogP contribution in [0.25, 0.3) is 16.6 Å². The molecule has 1 N–H and O–H groups in total. The average Bonchev–Trinajstić information content (AvgIpc) is 3.11. The number of nitrogens with one attached hydrogen (secondary N) is 1. The Labute approximate surface area is 134 Å². The van der Waals surface area contributed by atoms with Crippen molar-refractivity contribution >= 4 is 5.52 Å². The quantitative estimate of drug-likeness (QED) is 0.725. The topological polar surface area (TPSA) is 56.4 Å². The van der Waals surface area contributed by atoms with E-state index in [-0.39, 0.29) is 0 Å². The van der Waals surface area contributed by atoms with Gasteiger partial charge in [-0.2, -0.15) is 10.2 Å². The summed E-state index contributed by atoms with van der Waals surface area (Å²) in [5.74, 6) is 7.72. The summed E-state index contributed by atoms with van der Waals surface area (Å²) in [5, 5.41) is 11.9. The Morgan fingerprint density at radius 3 is 2.74 bits per heavy atom. The van der Waals surface area contributed by atoms with Crippen molar-refractivity contribution in [3.05, 3.63) is 36.4 Å². The van der Waals surface area contributed by atoms with Crippen molar-refractivity contribution < 1.29 is 4.74 Å². The monoisotopic (exact) mass is 307 g/mol. The van der Waals surface area contributed by atoms with Crippen LogP contribution in [0.2, 0.25) is 0 Å². The third-order valence-corrected chi connectivity index (χ3v) is 4.03. The number of aryl methyl sites for hydroxylation is 1. The molecule has 23 heavy (non-hydrogen) atoms. The molecule has 4 heterocycles. The minimum absolute atomic E-state index is 0.436. The molecule has 0 atom stereocenters. The molecule has 0 aliphatic carbocycles. The highest BCUT2D eigenvalue weighted by atomic mass is 16.5. The van der Waals surface area contributed by atoms with Crippen molar-refractivity contribution in [1.29, 1.82) is 0 Å². The first kappa shape index (κ1) is 13.9. The molecule has 0 unspecified atom stereocenters. The van der Waals surface area contributed by atoms with E-state index in [4.69, 9.17) is 4.74 Å². The second-order valence-electron chi connectivity index (χ2n) is 5.68. The molecule has 0 radical (unpaired) electrons. The second-order valence-corrected chi connectivity index (χ2v) is 5.68. The maximum Gasteiger partial charge on any atom is 0.146 e. The standard InChI is InChI=1S/C17H17N5O/c1-21-10-15(9-19-21)14-5-16(23-2)17-13(8-20-22(17)11-14)4-3-12-6-18-7-12/h5,8-12,18H,6-7H2,1-2H3. The van der Waals surface area contributed by atoms with E-state index in [1.807, 2.05) is 36.2 Å². The van der Waals surface area contributed by atoms with E-state index in [2.05, 4.69) is 27.4 Å². The van der Waals surface area contributed by atoms with Gasteiger partial charge >= 0.3 is 0 Å². The molecule has 6 nitrogen and oxygen atoms in total. The molecule has 116 valence electrons. The molecule has 1 fully saturated rings. The number of hydrogen-bond acceptors (Lipinski definition) is 4. The Morgan fingerprint density at radius 1 is 1.22 bits per heavy atom. The highest BCUT2D eigenvalue weighted by molar-refractivity contribution is 5.75. The molecule has 1 aliphatic rings. The summed E-state index contributed by atoms with van der Waals surface area (Å²) in [7, 11) is 3.57. The van der Waals surface area contributed by atoms with Gasteiger partial charge in [0, 0.05) is 49.6 Å². The number of nitrogens with zero attached hydrogens (tertiary/aromatic N) is 4.